The van der Waals surface area contributed by atoms with Gasteiger partial charge >= 0.3 is 0 Å². The summed E-state index contributed by atoms with van der Waals surface area (Å²) in [4.78, 5) is 24.5. The summed E-state index contributed by atoms with van der Waals surface area (Å²) in [6, 6.07) is 57.4. The van der Waals surface area contributed by atoms with E-state index in [4.69, 9.17) is 0 Å². The quantitative estimate of drug-likeness (QED) is 0.178. The number of carbonyl (C=O) groups excluding carboxylic acids is 1. The lowest BCUT2D eigenvalue weighted by atomic mass is 9.54. The fourth-order valence-electron chi connectivity index (χ4n) is 14.9. The van der Waals surface area contributed by atoms with Crippen molar-refractivity contribution in [2.24, 2.45) is 17.8 Å². The Labute approximate surface area is 351 Å². The van der Waals surface area contributed by atoms with Crippen LogP contribution in [-0.4, -0.2) is 58.0 Å². The molecule has 0 aromatic heterocycles. The minimum Gasteiger partial charge on any atom is -0.362 e. The number of fused-ring (bicyclic) bond motifs is 6. The topological polar surface area (TPSA) is 26.8 Å². The number of piperazine rings is 2. The van der Waals surface area contributed by atoms with Crippen molar-refractivity contribution in [2.45, 2.75) is 131 Å². The van der Waals surface area contributed by atoms with E-state index in [9.17, 15) is 0 Å². The van der Waals surface area contributed by atoms with Crippen molar-refractivity contribution in [2.75, 3.05) is 4.90 Å². The summed E-state index contributed by atoms with van der Waals surface area (Å²) in [5.41, 5.74) is 8.41. The maximum absolute atomic E-state index is 15.6. The molecule has 5 aromatic rings. The summed E-state index contributed by atoms with van der Waals surface area (Å²) in [6.45, 7) is 0. The molecule has 59 heavy (non-hydrogen) atoms. The summed E-state index contributed by atoms with van der Waals surface area (Å²) in [7, 11) is 0. The third-order valence-corrected chi connectivity index (χ3v) is 17.1. The number of piperidine rings is 1. The van der Waals surface area contributed by atoms with Crippen molar-refractivity contribution < 1.29 is 4.79 Å². The Morgan fingerprint density at radius 3 is 1.66 bits per heavy atom. The molecule has 7 fully saturated rings. The van der Waals surface area contributed by atoms with E-state index in [0.29, 0.717) is 65.7 Å². The minimum atomic E-state index is 0.173. The fourth-order valence-corrected chi connectivity index (χ4v) is 14.9. The van der Waals surface area contributed by atoms with Crippen LogP contribution in [0.1, 0.15) is 105 Å². The average Bonchev–Trinajstić information content (AvgIpc) is 3.31. The smallest absolute Gasteiger partial charge is 0.226 e. The Morgan fingerprint density at radius 2 is 0.966 bits per heavy atom. The fraction of sp³-hybridized carbons (Fsp3) is 0.436. The highest BCUT2D eigenvalue weighted by Gasteiger charge is 2.67. The number of hydrogen-bond donors (Lipinski definition) is 0. The second-order valence-corrected chi connectivity index (χ2v) is 19.6. The summed E-state index contributed by atoms with van der Waals surface area (Å²) in [5.74, 6) is 3.20. The Kier molecular flexibility index (Phi) is 9.08. The summed E-state index contributed by atoms with van der Waals surface area (Å²) < 4.78 is 0. The molecule has 4 aliphatic carbocycles. The van der Waals surface area contributed by atoms with E-state index >= 15 is 4.79 Å². The first kappa shape index (κ1) is 36.2. The van der Waals surface area contributed by atoms with Crippen LogP contribution in [0.3, 0.4) is 0 Å². The molecule has 300 valence electrons. The van der Waals surface area contributed by atoms with Crippen molar-refractivity contribution in [3.63, 3.8) is 0 Å². The molecule has 12 rings (SSSR count). The highest BCUT2D eigenvalue weighted by atomic mass is 16.2. The number of anilines is 1. The van der Waals surface area contributed by atoms with Gasteiger partial charge in [0.25, 0.3) is 0 Å². The molecule has 0 bridgehead atoms. The Hall–Kier alpha value is -4.67. The van der Waals surface area contributed by atoms with Gasteiger partial charge in [0.15, 0.2) is 0 Å². The Morgan fingerprint density at radius 1 is 0.407 bits per heavy atom. The summed E-state index contributed by atoms with van der Waals surface area (Å²) in [6.07, 6.45) is 13.0. The SMILES string of the molecule is O=C1C2CCCCC2C2C(c3ccccc3)CCC3C2N1C1CC(c2ccccc2)CC2C1N3C1CC(c3ccccc3)CCC1N2c1ccc(-c2ccccc2)cc1. The van der Waals surface area contributed by atoms with Crippen molar-refractivity contribution in [3.8, 4) is 11.1 Å². The molecule has 1 amide bonds. The van der Waals surface area contributed by atoms with Gasteiger partial charge in [0.2, 0.25) is 5.91 Å². The zero-order chi connectivity index (χ0) is 39.0. The molecule has 13 unspecified atom stereocenters. The van der Waals surface area contributed by atoms with Crippen LogP contribution in [0.15, 0.2) is 146 Å². The van der Waals surface area contributed by atoms with Crippen LogP contribution in [0.2, 0.25) is 0 Å². The second kappa shape index (κ2) is 14.8. The molecule has 0 radical (unpaired) electrons. The maximum atomic E-state index is 15.6. The highest BCUT2D eigenvalue weighted by Crippen LogP contribution is 2.61. The summed E-state index contributed by atoms with van der Waals surface area (Å²) in [5, 5.41) is 0. The van der Waals surface area contributed by atoms with Crippen LogP contribution in [0.5, 0.6) is 0 Å². The first-order valence-electron chi connectivity index (χ1n) is 23.4. The van der Waals surface area contributed by atoms with E-state index < -0.39 is 0 Å². The molecule has 5 aromatic carbocycles. The van der Waals surface area contributed by atoms with E-state index in [1.54, 1.807) is 0 Å². The molecule has 4 saturated carbocycles. The molecular formula is C55H59N3O. The average molecular weight is 778 g/mol. The Balaban J connectivity index is 1.03. The van der Waals surface area contributed by atoms with Gasteiger partial charge in [0.1, 0.15) is 0 Å². The molecule has 3 saturated heterocycles. The summed E-state index contributed by atoms with van der Waals surface area (Å²) >= 11 is 0. The lowest BCUT2D eigenvalue weighted by Gasteiger charge is -2.73. The van der Waals surface area contributed by atoms with E-state index in [2.05, 4.69) is 160 Å². The van der Waals surface area contributed by atoms with Crippen LogP contribution < -0.4 is 4.90 Å². The van der Waals surface area contributed by atoms with Crippen LogP contribution in [0.4, 0.5) is 5.69 Å². The number of benzene rings is 5. The molecular weight excluding hydrogens is 719 g/mol. The second-order valence-electron chi connectivity index (χ2n) is 19.6. The largest absolute Gasteiger partial charge is 0.362 e. The van der Waals surface area contributed by atoms with E-state index in [0.717, 1.165) is 19.3 Å². The van der Waals surface area contributed by atoms with Crippen LogP contribution >= 0.6 is 0 Å². The lowest BCUT2D eigenvalue weighted by molar-refractivity contribution is -0.203. The maximum Gasteiger partial charge on any atom is 0.226 e. The van der Waals surface area contributed by atoms with Crippen LogP contribution in [-0.2, 0) is 4.79 Å². The van der Waals surface area contributed by atoms with Gasteiger partial charge in [0, 0.05) is 35.8 Å². The lowest BCUT2D eigenvalue weighted by Crippen LogP contribution is -2.85. The number of hydrogen-bond acceptors (Lipinski definition) is 3. The predicted molar refractivity (Wildman–Crippen MR) is 238 cm³/mol. The van der Waals surface area contributed by atoms with Gasteiger partial charge in [-0.15, -0.1) is 0 Å². The number of rotatable bonds is 5. The van der Waals surface area contributed by atoms with Crippen molar-refractivity contribution >= 4 is 11.6 Å². The standard InChI is InChI=1S/C55H59N3O/c59-55-46-24-14-13-23-45(46)52-44(40-21-11-4-12-22-40)30-32-48-54(52)58(55)51-35-42(38-19-9-3-10-20-38)34-50-53(51)57(48)49-33-41(37-17-7-2-8-18-37)27-31-47(49)56(50)43-28-25-39(26-29-43)36-15-5-1-6-16-36/h1-12,15-22,25-26,28-29,41-42,44-54H,13-14,23-24,27,30-35H2. The van der Waals surface area contributed by atoms with Gasteiger partial charge in [-0.05, 0) is 127 Å². The zero-order valence-corrected chi connectivity index (χ0v) is 34.4. The van der Waals surface area contributed by atoms with Gasteiger partial charge in [-0.25, -0.2) is 0 Å². The molecule has 0 spiro atoms. The third kappa shape index (κ3) is 5.90. The van der Waals surface area contributed by atoms with Gasteiger partial charge in [-0.1, -0.05) is 146 Å². The Bertz CT molecular complexity index is 2250. The minimum absolute atomic E-state index is 0.173. The van der Waals surface area contributed by atoms with Crippen molar-refractivity contribution in [1.82, 2.24) is 9.80 Å². The monoisotopic (exact) mass is 777 g/mol. The first-order valence-corrected chi connectivity index (χ1v) is 23.4. The van der Waals surface area contributed by atoms with Gasteiger partial charge in [-0.2, -0.15) is 0 Å². The molecule has 7 aliphatic rings. The molecule has 4 heteroatoms. The van der Waals surface area contributed by atoms with E-state index in [1.807, 2.05) is 0 Å². The molecule has 13 atom stereocenters. The molecule has 3 aliphatic heterocycles. The van der Waals surface area contributed by atoms with Crippen molar-refractivity contribution in [1.29, 1.82) is 0 Å². The zero-order valence-electron chi connectivity index (χ0n) is 34.4. The predicted octanol–water partition coefficient (Wildman–Crippen LogP) is 11.5. The molecule has 4 nitrogen and oxygen atoms in total. The van der Waals surface area contributed by atoms with E-state index in [-0.39, 0.29) is 18.0 Å². The number of nitrogens with zero attached hydrogens (tertiary/aromatic N) is 3. The van der Waals surface area contributed by atoms with Crippen molar-refractivity contribution in [3.05, 3.63) is 162 Å². The van der Waals surface area contributed by atoms with Crippen LogP contribution in [0.25, 0.3) is 11.1 Å². The van der Waals surface area contributed by atoms with Gasteiger partial charge < -0.3 is 9.80 Å². The number of carbonyl (C=O) groups is 1. The van der Waals surface area contributed by atoms with Gasteiger partial charge in [-0.3, -0.25) is 9.69 Å². The normalized spacial score (nSPS) is 36.1. The van der Waals surface area contributed by atoms with Crippen LogP contribution in [0, 0.1) is 17.8 Å². The van der Waals surface area contributed by atoms with E-state index in [1.165, 1.54) is 84.9 Å². The first-order chi connectivity index (χ1) is 29.2. The molecule has 3 heterocycles. The molecule has 0 N–H and O–H groups in total. The third-order valence-electron chi connectivity index (χ3n) is 17.1. The number of amides is 1. The van der Waals surface area contributed by atoms with Gasteiger partial charge in [0.05, 0.1) is 18.1 Å². The highest BCUT2D eigenvalue weighted by molar-refractivity contribution is 5.82.